The van der Waals surface area contributed by atoms with Gasteiger partial charge in [0.15, 0.2) is 0 Å². The number of methoxy groups -OCH3 is 1. The van der Waals surface area contributed by atoms with E-state index in [0.29, 0.717) is 5.57 Å². The summed E-state index contributed by atoms with van der Waals surface area (Å²) in [6.45, 7) is 0. The molecule has 0 fully saturated rings. The van der Waals surface area contributed by atoms with E-state index in [1.807, 2.05) is 18.2 Å². The first-order valence-electron chi connectivity index (χ1n) is 5.61. The van der Waals surface area contributed by atoms with Crippen molar-refractivity contribution in [3.8, 4) is 0 Å². The Morgan fingerprint density at radius 3 is 2.82 bits per heavy atom. The summed E-state index contributed by atoms with van der Waals surface area (Å²) in [6.07, 6.45) is 2.76. The number of hydrogen-bond donors (Lipinski definition) is 0. The third kappa shape index (κ3) is 1.45. The lowest BCUT2D eigenvalue weighted by Crippen LogP contribution is -2.02. The van der Waals surface area contributed by atoms with Gasteiger partial charge in [0, 0.05) is 0 Å². The number of hydrogen-bond acceptors (Lipinski definition) is 2. The quantitative estimate of drug-likeness (QED) is 0.696. The zero-order chi connectivity index (χ0) is 11.8. The van der Waals surface area contributed by atoms with Crippen LogP contribution in [0, 0.1) is 0 Å². The Morgan fingerprint density at radius 2 is 2.00 bits per heavy atom. The third-order valence-electron chi connectivity index (χ3n) is 3.22. The molecule has 0 aliphatic heterocycles. The Kier molecular flexibility index (Phi) is 2.22. The van der Waals surface area contributed by atoms with E-state index in [-0.39, 0.29) is 5.97 Å². The van der Waals surface area contributed by atoms with Crippen LogP contribution in [0.25, 0.3) is 16.3 Å². The molecule has 0 bridgehead atoms. The molecule has 0 saturated heterocycles. The minimum Gasteiger partial charge on any atom is -0.465 e. The van der Waals surface area contributed by atoms with E-state index in [4.69, 9.17) is 4.74 Å². The Labute approximate surface area is 99.5 Å². The number of benzene rings is 2. The molecule has 0 aromatic heterocycles. The second kappa shape index (κ2) is 3.74. The van der Waals surface area contributed by atoms with Crippen molar-refractivity contribution >= 4 is 22.3 Å². The van der Waals surface area contributed by atoms with Gasteiger partial charge in [0.2, 0.25) is 0 Å². The summed E-state index contributed by atoms with van der Waals surface area (Å²) in [5.41, 5.74) is 2.93. The van der Waals surface area contributed by atoms with Gasteiger partial charge in [-0.15, -0.1) is 0 Å². The van der Waals surface area contributed by atoms with Crippen molar-refractivity contribution in [2.75, 3.05) is 7.11 Å². The van der Waals surface area contributed by atoms with Gasteiger partial charge in [0.1, 0.15) is 0 Å². The summed E-state index contributed by atoms with van der Waals surface area (Å²) >= 11 is 0. The number of esters is 1. The maximum Gasteiger partial charge on any atom is 0.338 e. The summed E-state index contributed by atoms with van der Waals surface area (Å²) in [5, 5.41) is 2.28. The number of fused-ring (bicyclic) bond motifs is 3. The highest BCUT2D eigenvalue weighted by molar-refractivity contribution is 6.22. The van der Waals surface area contributed by atoms with Gasteiger partial charge < -0.3 is 4.74 Å². The fourth-order valence-electron chi connectivity index (χ4n) is 2.41. The lowest BCUT2D eigenvalue weighted by atomic mass is 9.97. The molecule has 0 unspecified atom stereocenters. The van der Waals surface area contributed by atoms with Crippen molar-refractivity contribution in [2.24, 2.45) is 0 Å². The standard InChI is InChI=1S/C15H12O2/c1-17-15(16)13-9-8-11-7-6-10-4-2-3-5-12(10)14(11)13/h2-7,9H,8H2,1H3. The maximum absolute atomic E-state index is 11.7. The van der Waals surface area contributed by atoms with Gasteiger partial charge >= 0.3 is 5.97 Å². The molecule has 0 spiro atoms. The minimum atomic E-state index is -0.250. The first-order valence-corrected chi connectivity index (χ1v) is 5.61. The molecule has 3 rings (SSSR count). The summed E-state index contributed by atoms with van der Waals surface area (Å²) < 4.78 is 4.83. The first-order chi connectivity index (χ1) is 8.31. The van der Waals surface area contributed by atoms with Crippen molar-refractivity contribution in [3.63, 3.8) is 0 Å². The zero-order valence-electron chi connectivity index (χ0n) is 9.57. The lowest BCUT2D eigenvalue weighted by molar-refractivity contribution is -0.133. The van der Waals surface area contributed by atoms with Gasteiger partial charge in [-0.1, -0.05) is 42.5 Å². The second-order valence-electron chi connectivity index (χ2n) is 4.13. The van der Waals surface area contributed by atoms with Crippen LogP contribution in [0.1, 0.15) is 11.1 Å². The molecule has 0 heterocycles. The Bertz CT molecular complexity index is 638. The highest BCUT2D eigenvalue weighted by Crippen LogP contribution is 2.34. The van der Waals surface area contributed by atoms with Crippen molar-refractivity contribution in [3.05, 3.63) is 53.6 Å². The van der Waals surface area contributed by atoms with Crippen molar-refractivity contribution in [2.45, 2.75) is 6.42 Å². The van der Waals surface area contributed by atoms with Crippen LogP contribution >= 0.6 is 0 Å². The molecule has 2 aromatic carbocycles. The number of rotatable bonds is 1. The summed E-state index contributed by atoms with van der Waals surface area (Å²) in [5.74, 6) is -0.250. The van der Waals surface area contributed by atoms with Crippen molar-refractivity contribution in [1.29, 1.82) is 0 Å². The predicted octanol–water partition coefficient (Wildman–Crippen LogP) is 2.95. The Hall–Kier alpha value is -2.09. The van der Waals surface area contributed by atoms with Gasteiger partial charge in [-0.05, 0) is 28.3 Å². The molecule has 0 saturated carbocycles. The second-order valence-corrected chi connectivity index (χ2v) is 4.13. The molecule has 1 aliphatic rings. The maximum atomic E-state index is 11.7. The van der Waals surface area contributed by atoms with E-state index >= 15 is 0 Å². The van der Waals surface area contributed by atoms with Crippen LogP contribution in [0.4, 0.5) is 0 Å². The molecule has 2 nitrogen and oxygen atoms in total. The molecule has 2 heteroatoms. The third-order valence-corrected chi connectivity index (χ3v) is 3.22. The molecule has 17 heavy (non-hydrogen) atoms. The monoisotopic (exact) mass is 224 g/mol. The van der Waals surface area contributed by atoms with Gasteiger partial charge in [0.05, 0.1) is 12.7 Å². The van der Waals surface area contributed by atoms with E-state index in [1.165, 1.54) is 12.7 Å². The molecule has 0 radical (unpaired) electrons. The fraction of sp³-hybridized carbons (Fsp3) is 0.133. The zero-order valence-corrected chi connectivity index (χ0v) is 9.57. The van der Waals surface area contributed by atoms with E-state index in [0.717, 1.165) is 22.8 Å². The van der Waals surface area contributed by atoms with Crippen LogP contribution < -0.4 is 0 Å². The Balaban J connectivity index is 2.29. The highest BCUT2D eigenvalue weighted by atomic mass is 16.5. The van der Waals surface area contributed by atoms with Gasteiger partial charge in [-0.25, -0.2) is 4.79 Å². The topological polar surface area (TPSA) is 26.3 Å². The highest BCUT2D eigenvalue weighted by Gasteiger charge is 2.22. The van der Waals surface area contributed by atoms with Crippen LogP contribution in [0.15, 0.2) is 42.5 Å². The van der Waals surface area contributed by atoms with Crippen LogP contribution in [0.5, 0.6) is 0 Å². The molecular formula is C15H12O2. The fourth-order valence-corrected chi connectivity index (χ4v) is 2.41. The number of carbonyl (C=O) groups excluding carboxylic acids is 1. The number of ether oxygens (including phenoxy) is 1. The largest absolute Gasteiger partial charge is 0.465 e. The van der Waals surface area contributed by atoms with Crippen molar-refractivity contribution in [1.82, 2.24) is 0 Å². The average molecular weight is 224 g/mol. The minimum absolute atomic E-state index is 0.250. The first kappa shape index (κ1) is 10.1. The van der Waals surface area contributed by atoms with E-state index < -0.39 is 0 Å². The summed E-state index contributed by atoms with van der Waals surface area (Å²) in [6, 6.07) is 12.3. The summed E-state index contributed by atoms with van der Waals surface area (Å²) in [4.78, 5) is 11.7. The van der Waals surface area contributed by atoms with Crippen LogP contribution in [0.3, 0.4) is 0 Å². The molecular weight excluding hydrogens is 212 g/mol. The molecule has 84 valence electrons. The summed E-state index contributed by atoms with van der Waals surface area (Å²) in [7, 11) is 1.42. The Morgan fingerprint density at radius 1 is 1.18 bits per heavy atom. The van der Waals surface area contributed by atoms with Gasteiger partial charge in [-0.3, -0.25) is 0 Å². The van der Waals surface area contributed by atoms with Crippen molar-refractivity contribution < 1.29 is 9.53 Å². The lowest BCUT2D eigenvalue weighted by Gasteiger charge is -2.08. The van der Waals surface area contributed by atoms with Crippen LogP contribution in [-0.2, 0) is 16.0 Å². The molecule has 2 aromatic rings. The molecule has 0 N–H and O–H groups in total. The number of carbonyl (C=O) groups is 1. The number of allylic oxidation sites excluding steroid dienone is 1. The normalized spacial score (nSPS) is 13.4. The average Bonchev–Trinajstić information content (AvgIpc) is 2.82. The van der Waals surface area contributed by atoms with Crippen LogP contribution in [0.2, 0.25) is 0 Å². The van der Waals surface area contributed by atoms with E-state index in [9.17, 15) is 4.79 Å². The predicted molar refractivity (Wildman–Crippen MR) is 67.6 cm³/mol. The molecule has 1 aliphatic carbocycles. The van der Waals surface area contributed by atoms with E-state index in [2.05, 4.69) is 24.3 Å². The van der Waals surface area contributed by atoms with E-state index in [1.54, 1.807) is 0 Å². The van der Waals surface area contributed by atoms with Gasteiger partial charge in [0.25, 0.3) is 0 Å². The smallest absolute Gasteiger partial charge is 0.338 e. The van der Waals surface area contributed by atoms with Gasteiger partial charge in [-0.2, -0.15) is 0 Å². The SMILES string of the molecule is COC(=O)C1=CCc2ccc3ccccc3c21. The molecule has 0 amide bonds. The van der Waals surface area contributed by atoms with Crippen LogP contribution in [-0.4, -0.2) is 13.1 Å². The molecule has 0 atom stereocenters.